The number of aliphatic hydroxyl groups is 1. The van der Waals surface area contributed by atoms with Gasteiger partial charge in [-0.1, -0.05) is 22.6 Å². The minimum atomic E-state index is -3.07. The summed E-state index contributed by atoms with van der Waals surface area (Å²) in [4.78, 5) is 0. The molecule has 0 spiro atoms. The average molecular weight is 264 g/mol. The van der Waals surface area contributed by atoms with E-state index < -0.39 is 19.2 Å². The van der Waals surface area contributed by atoms with E-state index in [4.69, 9.17) is 5.11 Å². The average Bonchev–Trinajstić information content (AvgIpc) is 1.62. The van der Waals surface area contributed by atoms with Gasteiger partial charge in [-0.25, -0.2) is 8.42 Å². The molecule has 0 saturated heterocycles. The molecule has 3 nitrogen and oxygen atoms in total. The second-order valence-electron chi connectivity index (χ2n) is 1.92. The molecule has 0 radical (unpaired) electrons. The van der Waals surface area contributed by atoms with E-state index in [9.17, 15) is 8.42 Å². The van der Waals surface area contributed by atoms with Crippen LogP contribution < -0.4 is 0 Å². The van der Waals surface area contributed by atoms with Crippen LogP contribution in [0, 0.1) is 0 Å². The molecule has 0 aromatic carbocycles. The van der Waals surface area contributed by atoms with Crippen molar-refractivity contribution in [3.05, 3.63) is 0 Å². The van der Waals surface area contributed by atoms with Crippen LogP contribution in [0.2, 0.25) is 0 Å². The number of halogens is 1. The summed E-state index contributed by atoms with van der Waals surface area (Å²) in [5.74, 6) is 0. The third kappa shape index (κ3) is 3.36. The Morgan fingerprint density at radius 2 is 1.89 bits per heavy atom. The quantitative estimate of drug-likeness (QED) is 0.571. The zero-order chi connectivity index (χ0) is 7.65. The van der Waals surface area contributed by atoms with Crippen LogP contribution in [0.1, 0.15) is 6.92 Å². The number of hydrogen-bond donors (Lipinski definition) is 1. The van der Waals surface area contributed by atoms with Gasteiger partial charge >= 0.3 is 0 Å². The minimum Gasteiger partial charge on any atom is -0.391 e. The highest BCUT2D eigenvalue weighted by molar-refractivity contribution is 14.1. The Morgan fingerprint density at radius 1 is 1.56 bits per heavy atom. The molecule has 1 N–H and O–H groups in total. The van der Waals surface area contributed by atoms with Crippen LogP contribution in [-0.2, 0) is 9.84 Å². The smallest absolute Gasteiger partial charge is 0.162 e. The standard InChI is InChI=1S/C4H9IO3S/c1-3(6)4(5)9(2,7)8/h3-4,6H,1-2H3. The van der Waals surface area contributed by atoms with Crippen molar-refractivity contribution in [1.29, 1.82) is 0 Å². The largest absolute Gasteiger partial charge is 0.391 e. The molecule has 0 aliphatic heterocycles. The van der Waals surface area contributed by atoms with Gasteiger partial charge in [-0.05, 0) is 6.92 Å². The number of hydrogen-bond acceptors (Lipinski definition) is 3. The number of aliphatic hydroxyl groups excluding tert-OH is 1. The van der Waals surface area contributed by atoms with E-state index in [2.05, 4.69) is 0 Å². The lowest BCUT2D eigenvalue weighted by atomic mass is 10.5. The maximum absolute atomic E-state index is 10.6. The predicted octanol–water partition coefficient (Wildman–Crippen LogP) is 0.173. The van der Waals surface area contributed by atoms with Gasteiger partial charge < -0.3 is 5.11 Å². The van der Waals surface area contributed by atoms with Crippen LogP contribution in [0.15, 0.2) is 0 Å². The molecular formula is C4H9IO3S. The van der Waals surface area contributed by atoms with Gasteiger partial charge in [-0.3, -0.25) is 0 Å². The summed E-state index contributed by atoms with van der Waals surface area (Å²) < 4.78 is 20.5. The maximum atomic E-state index is 10.6. The normalized spacial score (nSPS) is 19.1. The summed E-state index contributed by atoms with van der Waals surface area (Å²) in [7, 11) is -3.07. The highest BCUT2D eigenvalue weighted by Gasteiger charge is 2.21. The first-order chi connectivity index (χ1) is 3.85. The van der Waals surface area contributed by atoms with E-state index in [1.54, 1.807) is 22.6 Å². The van der Waals surface area contributed by atoms with Crippen molar-refractivity contribution in [1.82, 2.24) is 0 Å². The highest BCUT2D eigenvalue weighted by Crippen LogP contribution is 2.12. The zero-order valence-corrected chi connectivity index (χ0v) is 8.18. The monoisotopic (exact) mass is 264 g/mol. The van der Waals surface area contributed by atoms with E-state index in [1.807, 2.05) is 0 Å². The van der Waals surface area contributed by atoms with Crippen LogP contribution in [0.5, 0.6) is 0 Å². The first-order valence-electron chi connectivity index (χ1n) is 2.36. The van der Waals surface area contributed by atoms with Crippen LogP contribution in [0.4, 0.5) is 0 Å². The van der Waals surface area contributed by atoms with Crippen molar-refractivity contribution < 1.29 is 13.5 Å². The summed E-state index contributed by atoms with van der Waals surface area (Å²) >= 11 is 1.70. The molecule has 2 unspecified atom stereocenters. The summed E-state index contributed by atoms with van der Waals surface area (Å²) in [6.45, 7) is 1.46. The molecule has 56 valence electrons. The topological polar surface area (TPSA) is 54.4 Å². The second kappa shape index (κ2) is 3.16. The highest BCUT2D eigenvalue weighted by atomic mass is 127. The van der Waals surface area contributed by atoms with Gasteiger partial charge in [-0.15, -0.1) is 0 Å². The van der Waals surface area contributed by atoms with Gasteiger partial charge in [0.1, 0.15) is 3.26 Å². The molecule has 2 atom stereocenters. The lowest BCUT2D eigenvalue weighted by Crippen LogP contribution is -2.24. The summed E-state index contributed by atoms with van der Waals surface area (Å²) in [6, 6.07) is 0. The van der Waals surface area contributed by atoms with Crippen LogP contribution in [-0.4, -0.2) is 29.1 Å². The van der Waals surface area contributed by atoms with Gasteiger partial charge in [0, 0.05) is 6.26 Å². The molecule has 0 aromatic rings. The molecule has 0 aliphatic carbocycles. The lowest BCUT2D eigenvalue weighted by Gasteiger charge is -2.08. The van der Waals surface area contributed by atoms with E-state index >= 15 is 0 Å². The fraction of sp³-hybridized carbons (Fsp3) is 1.00. The van der Waals surface area contributed by atoms with Crippen LogP contribution in [0.3, 0.4) is 0 Å². The summed E-state index contributed by atoms with van der Waals surface area (Å²) in [6.07, 6.45) is 0.317. The van der Waals surface area contributed by atoms with E-state index in [0.717, 1.165) is 6.26 Å². The maximum Gasteiger partial charge on any atom is 0.162 e. The van der Waals surface area contributed by atoms with Gasteiger partial charge in [0.25, 0.3) is 0 Å². The summed E-state index contributed by atoms with van der Waals surface area (Å²) in [5, 5.41) is 8.77. The van der Waals surface area contributed by atoms with E-state index in [1.165, 1.54) is 6.92 Å². The molecule has 0 aromatic heterocycles. The van der Waals surface area contributed by atoms with Gasteiger partial charge in [-0.2, -0.15) is 0 Å². The molecule has 9 heavy (non-hydrogen) atoms. The third-order valence-corrected chi connectivity index (χ3v) is 5.81. The first kappa shape index (κ1) is 9.64. The Balaban J connectivity index is 4.24. The molecule has 0 amide bonds. The van der Waals surface area contributed by atoms with Gasteiger partial charge in [0.05, 0.1) is 6.10 Å². The third-order valence-electron chi connectivity index (χ3n) is 0.788. The van der Waals surface area contributed by atoms with Crippen molar-refractivity contribution in [2.75, 3.05) is 6.26 Å². The molecular weight excluding hydrogens is 255 g/mol. The van der Waals surface area contributed by atoms with Gasteiger partial charge in [0.2, 0.25) is 0 Å². The molecule has 0 bridgehead atoms. The van der Waals surface area contributed by atoms with Crippen molar-refractivity contribution in [3.63, 3.8) is 0 Å². The molecule has 0 saturated carbocycles. The Kier molecular flexibility index (Phi) is 3.38. The van der Waals surface area contributed by atoms with Crippen molar-refractivity contribution in [2.45, 2.75) is 16.3 Å². The number of sulfone groups is 1. The molecule has 5 heteroatoms. The Hall–Kier alpha value is 0.640. The number of alkyl halides is 1. The Labute approximate surface area is 68.5 Å². The molecule has 0 aliphatic rings. The molecule has 0 fully saturated rings. The van der Waals surface area contributed by atoms with E-state index in [-0.39, 0.29) is 0 Å². The van der Waals surface area contributed by atoms with Crippen LogP contribution >= 0.6 is 22.6 Å². The van der Waals surface area contributed by atoms with Crippen molar-refractivity contribution in [3.8, 4) is 0 Å². The fourth-order valence-electron chi connectivity index (χ4n) is 0.358. The predicted molar refractivity (Wildman–Crippen MR) is 44.3 cm³/mol. The molecule has 0 heterocycles. The zero-order valence-electron chi connectivity index (χ0n) is 5.20. The van der Waals surface area contributed by atoms with Gasteiger partial charge in [0.15, 0.2) is 9.84 Å². The second-order valence-corrected chi connectivity index (χ2v) is 6.28. The number of rotatable bonds is 2. The SMILES string of the molecule is CC(O)C(I)S(C)(=O)=O. The Morgan fingerprint density at radius 3 is 1.89 bits per heavy atom. The fourth-order valence-corrected chi connectivity index (χ4v) is 1.07. The minimum absolute atomic E-state index is 0.685. The van der Waals surface area contributed by atoms with Crippen LogP contribution in [0.25, 0.3) is 0 Å². The molecule has 0 rings (SSSR count). The van der Waals surface area contributed by atoms with Crippen molar-refractivity contribution >= 4 is 32.4 Å². The Bertz CT molecular complexity index is 172. The van der Waals surface area contributed by atoms with Crippen molar-refractivity contribution in [2.24, 2.45) is 0 Å². The lowest BCUT2D eigenvalue weighted by molar-refractivity contribution is 0.214. The summed E-state index contributed by atoms with van der Waals surface area (Å²) in [5.41, 5.74) is 0. The van der Waals surface area contributed by atoms with E-state index in [0.29, 0.717) is 0 Å². The first-order valence-corrected chi connectivity index (χ1v) is 5.56.